The van der Waals surface area contributed by atoms with Crippen LogP contribution in [0.4, 0.5) is 5.69 Å². The van der Waals surface area contributed by atoms with Crippen LogP contribution in [-0.4, -0.2) is 26.3 Å². The minimum Gasteiger partial charge on any atom is -0.267 e. The standard InChI is InChI=1S/C16H15N5O3/c1-9-15(16(22)18-17-9)8-14-10(2)19-20(11(14)3)12-5-4-6-13(7-12)21(23)24/h4-8H,1-3H3,(H,18,22)/b15-8-. The molecule has 2 aromatic rings. The Morgan fingerprint density at radius 1 is 1.29 bits per heavy atom. The summed E-state index contributed by atoms with van der Waals surface area (Å²) in [6, 6.07) is 6.26. The Morgan fingerprint density at radius 3 is 2.67 bits per heavy atom. The Morgan fingerprint density at radius 2 is 2.04 bits per heavy atom. The van der Waals surface area contributed by atoms with Gasteiger partial charge in [0.05, 0.1) is 27.6 Å². The highest BCUT2D eigenvalue weighted by molar-refractivity contribution is 6.26. The summed E-state index contributed by atoms with van der Waals surface area (Å²) in [6.45, 7) is 5.43. The van der Waals surface area contributed by atoms with E-state index in [0.29, 0.717) is 17.0 Å². The van der Waals surface area contributed by atoms with E-state index >= 15 is 0 Å². The van der Waals surface area contributed by atoms with Crippen molar-refractivity contribution >= 4 is 23.4 Å². The SMILES string of the molecule is CC1=NNC(=O)/C1=C\c1c(C)nn(-c2cccc([N+](=O)[O-])c2)c1C. The summed E-state index contributed by atoms with van der Waals surface area (Å²) in [5.41, 5.74) is 6.41. The molecule has 0 spiro atoms. The van der Waals surface area contributed by atoms with Crippen LogP contribution in [0.1, 0.15) is 23.9 Å². The summed E-state index contributed by atoms with van der Waals surface area (Å²) in [5, 5.41) is 19.3. The van der Waals surface area contributed by atoms with Gasteiger partial charge in [-0.3, -0.25) is 14.9 Å². The van der Waals surface area contributed by atoms with E-state index in [9.17, 15) is 14.9 Å². The Bertz CT molecular complexity index is 924. The van der Waals surface area contributed by atoms with Crippen LogP contribution >= 0.6 is 0 Å². The van der Waals surface area contributed by atoms with Gasteiger partial charge in [-0.25, -0.2) is 10.1 Å². The van der Waals surface area contributed by atoms with Gasteiger partial charge in [-0.05, 0) is 32.9 Å². The first-order chi connectivity index (χ1) is 11.4. The monoisotopic (exact) mass is 325 g/mol. The van der Waals surface area contributed by atoms with Crippen LogP contribution < -0.4 is 5.43 Å². The number of aromatic nitrogens is 2. The smallest absolute Gasteiger partial charge is 0.267 e. The maximum atomic E-state index is 11.8. The van der Waals surface area contributed by atoms with Crippen molar-refractivity contribution in [3.05, 3.63) is 56.9 Å². The number of non-ortho nitro benzene ring substituents is 1. The molecule has 1 aliphatic heterocycles. The van der Waals surface area contributed by atoms with E-state index in [0.717, 1.165) is 17.0 Å². The third-order valence-electron chi connectivity index (χ3n) is 3.88. The molecule has 1 aliphatic rings. The molecule has 0 fully saturated rings. The zero-order chi connectivity index (χ0) is 17.4. The minimum atomic E-state index is -0.444. The number of nitro benzene ring substituents is 1. The molecule has 0 aliphatic carbocycles. The van der Waals surface area contributed by atoms with Gasteiger partial charge in [0.25, 0.3) is 11.6 Å². The molecule has 8 heteroatoms. The van der Waals surface area contributed by atoms with Gasteiger partial charge in [-0.2, -0.15) is 10.2 Å². The molecule has 1 aromatic carbocycles. The molecule has 0 unspecified atom stereocenters. The first kappa shape index (κ1) is 15.6. The Kier molecular flexibility index (Phi) is 3.72. The van der Waals surface area contributed by atoms with Gasteiger partial charge in [-0.15, -0.1) is 0 Å². The summed E-state index contributed by atoms with van der Waals surface area (Å²) in [5.74, 6) is -0.255. The van der Waals surface area contributed by atoms with Crippen LogP contribution in [-0.2, 0) is 4.79 Å². The molecule has 0 saturated heterocycles. The summed E-state index contributed by atoms with van der Waals surface area (Å²) >= 11 is 0. The average molecular weight is 325 g/mol. The van der Waals surface area contributed by atoms with Crippen LogP contribution in [0.25, 0.3) is 11.8 Å². The molecule has 8 nitrogen and oxygen atoms in total. The predicted octanol–water partition coefficient (Wildman–Crippen LogP) is 2.29. The lowest BCUT2D eigenvalue weighted by Crippen LogP contribution is -2.12. The van der Waals surface area contributed by atoms with Gasteiger partial charge >= 0.3 is 0 Å². The van der Waals surface area contributed by atoms with Crippen molar-refractivity contribution in [1.82, 2.24) is 15.2 Å². The maximum absolute atomic E-state index is 11.8. The summed E-state index contributed by atoms with van der Waals surface area (Å²) in [4.78, 5) is 22.3. The third-order valence-corrected chi connectivity index (χ3v) is 3.88. The Balaban J connectivity index is 2.09. The normalized spacial score (nSPS) is 15.5. The number of hydrogen-bond acceptors (Lipinski definition) is 5. The maximum Gasteiger partial charge on any atom is 0.273 e. The number of benzene rings is 1. The summed E-state index contributed by atoms with van der Waals surface area (Å²) in [7, 11) is 0. The molecular formula is C16H15N5O3. The van der Waals surface area contributed by atoms with Crippen LogP contribution in [0.15, 0.2) is 34.9 Å². The fraction of sp³-hybridized carbons (Fsp3) is 0.188. The number of nitrogens with one attached hydrogen (secondary N) is 1. The van der Waals surface area contributed by atoms with Crippen LogP contribution in [0.2, 0.25) is 0 Å². The van der Waals surface area contributed by atoms with E-state index in [-0.39, 0.29) is 11.6 Å². The van der Waals surface area contributed by atoms with Crippen LogP contribution in [0.5, 0.6) is 0 Å². The van der Waals surface area contributed by atoms with Crippen LogP contribution in [0.3, 0.4) is 0 Å². The highest BCUT2D eigenvalue weighted by atomic mass is 16.6. The van der Waals surface area contributed by atoms with E-state index < -0.39 is 4.92 Å². The second kappa shape index (κ2) is 5.73. The molecule has 0 bridgehead atoms. The molecule has 24 heavy (non-hydrogen) atoms. The van der Waals surface area contributed by atoms with Gasteiger partial charge in [0, 0.05) is 23.4 Å². The lowest BCUT2D eigenvalue weighted by Gasteiger charge is -2.04. The van der Waals surface area contributed by atoms with Gasteiger partial charge in [-0.1, -0.05) is 6.07 Å². The number of amides is 1. The number of nitrogens with zero attached hydrogens (tertiary/aromatic N) is 4. The number of hydrogen-bond donors (Lipinski definition) is 1. The zero-order valence-corrected chi connectivity index (χ0v) is 13.4. The molecule has 1 N–H and O–H groups in total. The molecule has 2 heterocycles. The van der Waals surface area contributed by atoms with Crippen molar-refractivity contribution in [1.29, 1.82) is 0 Å². The first-order valence-corrected chi connectivity index (χ1v) is 7.26. The molecular weight excluding hydrogens is 310 g/mol. The summed E-state index contributed by atoms with van der Waals surface area (Å²) in [6.07, 6.45) is 1.74. The molecule has 0 radical (unpaired) electrons. The van der Waals surface area contributed by atoms with Crippen molar-refractivity contribution in [2.24, 2.45) is 5.10 Å². The van der Waals surface area contributed by atoms with E-state index in [1.807, 2.05) is 13.8 Å². The fourth-order valence-corrected chi connectivity index (χ4v) is 2.59. The number of hydrazone groups is 1. The van der Waals surface area contributed by atoms with Gasteiger partial charge in [0.15, 0.2) is 0 Å². The second-order valence-electron chi connectivity index (χ2n) is 5.47. The molecule has 122 valence electrons. The molecule has 1 amide bonds. The Labute approximate surface area is 137 Å². The van der Waals surface area contributed by atoms with Gasteiger partial charge in [0.2, 0.25) is 0 Å². The van der Waals surface area contributed by atoms with E-state index in [2.05, 4.69) is 15.6 Å². The quantitative estimate of drug-likeness (QED) is 0.531. The van der Waals surface area contributed by atoms with E-state index in [1.165, 1.54) is 12.1 Å². The second-order valence-corrected chi connectivity index (χ2v) is 5.47. The van der Waals surface area contributed by atoms with E-state index in [1.54, 1.807) is 29.8 Å². The van der Waals surface area contributed by atoms with Crippen molar-refractivity contribution in [2.45, 2.75) is 20.8 Å². The Hall–Kier alpha value is -3.29. The minimum absolute atomic E-state index is 0.00175. The van der Waals surface area contributed by atoms with Gasteiger partial charge < -0.3 is 0 Å². The van der Waals surface area contributed by atoms with Gasteiger partial charge in [0.1, 0.15) is 0 Å². The lowest BCUT2D eigenvalue weighted by molar-refractivity contribution is -0.384. The zero-order valence-electron chi connectivity index (χ0n) is 13.4. The average Bonchev–Trinajstić information content (AvgIpc) is 3.02. The number of aryl methyl sites for hydroxylation is 1. The topological polar surface area (TPSA) is 102 Å². The molecule has 3 rings (SSSR count). The first-order valence-electron chi connectivity index (χ1n) is 7.26. The van der Waals surface area contributed by atoms with Crippen molar-refractivity contribution in [2.75, 3.05) is 0 Å². The summed E-state index contributed by atoms with van der Waals surface area (Å²) < 4.78 is 1.63. The lowest BCUT2D eigenvalue weighted by atomic mass is 10.1. The predicted molar refractivity (Wildman–Crippen MR) is 88.9 cm³/mol. The molecule has 1 aromatic heterocycles. The number of carbonyl (C=O) groups is 1. The fourth-order valence-electron chi connectivity index (χ4n) is 2.59. The largest absolute Gasteiger partial charge is 0.273 e. The van der Waals surface area contributed by atoms with Crippen molar-refractivity contribution in [3.8, 4) is 5.69 Å². The molecule has 0 saturated carbocycles. The number of nitro groups is 1. The highest BCUT2D eigenvalue weighted by Crippen LogP contribution is 2.24. The number of carbonyl (C=O) groups excluding carboxylic acids is 1. The van der Waals surface area contributed by atoms with Crippen molar-refractivity contribution in [3.63, 3.8) is 0 Å². The highest BCUT2D eigenvalue weighted by Gasteiger charge is 2.21. The number of rotatable bonds is 3. The van der Waals surface area contributed by atoms with E-state index in [4.69, 9.17) is 0 Å². The third kappa shape index (κ3) is 2.58. The van der Waals surface area contributed by atoms with Crippen molar-refractivity contribution < 1.29 is 9.72 Å². The van der Waals surface area contributed by atoms with Crippen LogP contribution in [0, 0.1) is 24.0 Å². The molecule has 0 atom stereocenters.